The van der Waals surface area contributed by atoms with E-state index >= 15 is 0 Å². The number of anilines is 1. The van der Waals surface area contributed by atoms with Gasteiger partial charge in [0.25, 0.3) is 11.8 Å². The lowest BCUT2D eigenvalue weighted by molar-refractivity contribution is -0.135. The molecule has 144 valence electrons. The molecule has 1 fully saturated rings. The maximum atomic E-state index is 12.2. The zero-order valence-electron chi connectivity index (χ0n) is 15.1. The molecule has 2 aromatic heterocycles. The van der Waals surface area contributed by atoms with Gasteiger partial charge in [-0.15, -0.1) is 11.3 Å². The molecule has 0 radical (unpaired) electrons. The van der Waals surface area contributed by atoms with Crippen LogP contribution in [0.25, 0.3) is 0 Å². The normalized spacial score (nSPS) is 14.6. The number of nitrogens with one attached hydrogen (secondary N) is 1. The number of esters is 1. The molecule has 1 N–H and O–H groups in total. The van der Waals surface area contributed by atoms with Crippen LogP contribution in [-0.2, 0) is 9.53 Å². The largest absolute Gasteiger partial charge is 0.459 e. The van der Waals surface area contributed by atoms with Crippen LogP contribution in [-0.4, -0.2) is 42.4 Å². The van der Waals surface area contributed by atoms with Crippen molar-refractivity contribution in [3.8, 4) is 0 Å². The van der Waals surface area contributed by atoms with Gasteiger partial charge < -0.3 is 19.4 Å². The highest BCUT2D eigenvalue weighted by atomic mass is 32.1. The maximum Gasteiger partial charge on any atom is 0.348 e. The van der Waals surface area contributed by atoms with Gasteiger partial charge in [0.05, 0.1) is 11.3 Å². The van der Waals surface area contributed by atoms with Crippen LogP contribution >= 0.6 is 11.3 Å². The first-order chi connectivity index (χ1) is 13.0. The van der Waals surface area contributed by atoms with Crippen molar-refractivity contribution in [1.82, 2.24) is 4.90 Å². The Morgan fingerprint density at radius 1 is 1.22 bits per heavy atom. The van der Waals surface area contributed by atoms with Gasteiger partial charge in [0.15, 0.2) is 12.4 Å². The summed E-state index contributed by atoms with van der Waals surface area (Å²) in [7, 11) is 1.76. The molecule has 7 nitrogen and oxygen atoms in total. The lowest BCUT2D eigenvalue weighted by Gasteiger charge is -2.31. The number of carbonyl (C=O) groups excluding carboxylic acids is 3. The van der Waals surface area contributed by atoms with Crippen molar-refractivity contribution in [2.24, 2.45) is 0 Å². The van der Waals surface area contributed by atoms with E-state index in [-0.39, 0.29) is 24.3 Å². The molecule has 1 aliphatic rings. The summed E-state index contributed by atoms with van der Waals surface area (Å²) >= 11 is 1.08. The molecular formula is C19H22N2O5S. The molecule has 3 rings (SSSR count). The minimum Gasteiger partial charge on any atom is -0.459 e. The molecule has 2 amide bonds. The Balaban J connectivity index is 1.49. The zero-order valence-corrected chi connectivity index (χ0v) is 15.9. The van der Waals surface area contributed by atoms with Gasteiger partial charge >= 0.3 is 5.97 Å². The second-order valence-electron chi connectivity index (χ2n) is 6.47. The third-order valence-electron chi connectivity index (χ3n) is 4.63. The quantitative estimate of drug-likeness (QED) is 0.762. The number of amides is 2. The molecule has 0 unspecified atom stereocenters. The van der Waals surface area contributed by atoms with E-state index in [0.717, 1.165) is 37.0 Å². The topological polar surface area (TPSA) is 88.9 Å². The van der Waals surface area contributed by atoms with Gasteiger partial charge in [-0.3, -0.25) is 9.59 Å². The van der Waals surface area contributed by atoms with Gasteiger partial charge in [-0.2, -0.15) is 0 Å². The SMILES string of the molecule is CN(C(=O)COC(=O)c1ccc(NC(=O)c2ccco2)s1)C1CCCCC1. The monoisotopic (exact) mass is 390 g/mol. The van der Waals surface area contributed by atoms with Gasteiger partial charge in [-0.05, 0) is 37.1 Å². The Labute approximate surface area is 161 Å². The standard InChI is InChI=1S/C19H22N2O5S/c1-21(13-6-3-2-4-7-13)17(22)12-26-19(24)15-9-10-16(27-15)20-18(23)14-8-5-11-25-14/h5,8-11,13H,2-4,6-7,12H2,1H3,(H,20,23). The number of ether oxygens (including phenoxy) is 1. The molecule has 8 heteroatoms. The van der Waals surface area contributed by atoms with Crippen molar-refractivity contribution < 1.29 is 23.5 Å². The first kappa shape index (κ1) is 19.2. The first-order valence-corrected chi connectivity index (χ1v) is 9.73. The summed E-state index contributed by atoms with van der Waals surface area (Å²) in [5.74, 6) is -0.989. The number of nitrogens with zero attached hydrogens (tertiary/aromatic N) is 1. The van der Waals surface area contributed by atoms with Crippen molar-refractivity contribution in [2.75, 3.05) is 19.0 Å². The lowest BCUT2D eigenvalue weighted by atomic mass is 9.94. The highest BCUT2D eigenvalue weighted by molar-refractivity contribution is 7.18. The average Bonchev–Trinajstić information content (AvgIpc) is 3.38. The molecule has 2 aromatic rings. The smallest absolute Gasteiger partial charge is 0.348 e. The highest BCUT2D eigenvalue weighted by Gasteiger charge is 2.23. The fraction of sp³-hybridized carbons (Fsp3) is 0.421. The molecule has 0 atom stereocenters. The van der Waals surface area contributed by atoms with E-state index < -0.39 is 11.9 Å². The molecule has 0 aliphatic heterocycles. The van der Waals surface area contributed by atoms with Gasteiger partial charge in [0.2, 0.25) is 0 Å². The minimum atomic E-state index is -0.580. The van der Waals surface area contributed by atoms with Crippen molar-refractivity contribution in [1.29, 1.82) is 0 Å². The Bertz CT molecular complexity index is 793. The van der Waals surface area contributed by atoms with Crippen LogP contribution in [0.4, 0.5) is 5.00 Å². The minimum absolute atomic E-state index is 0.184. The van der Waals surface area contributed by atoms with Crippen LogP contribution in [0.3, 0.4) is 0 Å². The third-order valence-corrected chi connectivity index (χ3v) is 5.61. The van der Waals surface area contributed by atoms with Gasteiger partial charge in [-0.25, -0.2) is 4.79 Å². The summed E-state index contributed by atoms with van der Waals surface area (Å²) in [6.45, 7) is -0.280. The predicted octanol–water partition coefficient (Wildman–Crippen LogP) is 3.54. The maximum absolute atomic E-state index is 12.2. The van der Waals surface area contributed by atoms with E-state index in [9.17, 15) is 14.4 Å². The average molecular weight is 390 g/mol. The van der Waals surface area contributed by atoms with Crippen LogP contribution in [0, 0.1) is 0 Å². The molecule has 0 saturated heterocycles. The first-order valence-electron chi connectivity index (χ1n) is 8.92. The summed E-state index contributed by atoms with van der Waals surface area (Å²) in [5, 5.41) is 3.14. The van der Waals surface area contributed by atoms with E-state index in [1.807, 2.05) is 0 Å². The van der Waals surface area contributed by atoms with Crippen LogP contribution in [0.1, 0.15) is 52.3 Å². The molecule has 27 heavy (non-hydrogen) atoms. The summed E-state index contributed by atoms with van der Waals surface area (Å²) in [5.41, 5.74) is 0. The Kier molecular flexibility index (Phi) is 6.28. The van der Waals surface area contributed by atoms with Crippen LogP contribution in [0.15, 0.2) is 34.9 Å². The predicted molar refractivity (Wildman–Crippen MR) is 101 cm³/mol. The number of rotatable bonds is 6. The highest BCUT2D eigenvalue weighted by Crippen LogP contribution is 2.24. The fourth-order valence-electron chi connectivity index (χ4n) is 3.07. The van der Waals surface area contributed by atoms with Crippen molar-refractivity contribution in [2.45, 2.75) is 38.1 Å². The van der Waals surface area contributed by atoms with Gasteiger partial charge in [-0.1, -0.05) is 19.3 Å². The number of likely N-dealkylation sites (N-methyl/N-ethyl adjacent to an activating group) is 1. The van der Waals surface area contributed by atoms with Crippen molar-refractivity contribution >= 4 is 34.1 Å². The van der Waals surface area contributed by atoms with Gasteiger partial charge in [0, 0.05) is 13.1 Å². The number of hydrogen-bond acceptors (Lipinski definition) is 6. The number of thiophene rings is 1. The molecule has 0 aromatic carbocycles. The molecule has 0 spiro atoms. The van der Waals surface area contributed by atoms with Crippen molar-refractivity contribution in [3.63, 3.8) is 0 Å². The Morgan fingerprint density at radius 2 is 2.00 bits per heavy atom. The number of furan rings is 1. The fourth-order valence-corrected chi connectivity index (χ4v) is 3.86. The third kappa shape index (κ3) is 4.97. The lowest BCUT2D eigenvalue weighted by Crippen LogP contribution is -2.40. The van der Waals surface area contributed by atoms with E-state index in [4.69, 9.17) is 9.15 Å². The molecule has 1 saturated carbocycles. The second-order valence-corrected chi connectivity index (χ2v) is 7.55. The second kappa shape index (κ2) is 8.85. The molecule has 1 aliphatic carbocycles. The van der Waals surface area contributed by atoms with E-state index in [1.54, 1.807) is 36.2 Å². The van der Waals surface area contributed by atoms with Crippen LogP contribution in [0.5, 0.6) is 0 Å². The Hall–Kier alpha value is -2.61. The summed E-state index contributed by atoms with van der Waals surface area (Å²) in [4.78, 5) is 38.3. The Morgan fingerprint density at radius 3 is 2.70 bits per heavy atom. The molecule has 2 heterocycles. The van der Waals surface area contributed by atoms with E-state index in [1.165, 1.54) is 12.7 Å². The summed E-state index contributed by atoms with van der Waals surface area (Å²) in [6.07, 6.45) is 6.88. The zero-order chi connectivity index (χ0) is 19.2. The molecular weight excluding hydrogens is 368 g/mol. The summed E-state index contributed by atoms with van der Waals surface area (Å²) in [6, 6.07) is 6.56. The number of carbonyl (C=O) groups is 3. The van der Waals surface area contributed by atoms with E-state index in [2.05, 4.69) is 5.32 Å². The van der Waals surface area contributed by atoms with E-state index in [0.29, 0.717) is 9.88 Å². The number of hydrogen-bond donors (Lipinski definition) is 1. The van der Waals surface area contributed by atoms with Crippen LogP contribution < -0.4 is 5.32 Å². The van der Waals surface area contributed by atoms with Crippen LogP contribution in [0.2, 0.25) is 0 Å². The summed E-state index contributed by atoms with van der Waals surface area (Å²) < 4.78 is 10.2. The van der Waals surface area contributed by atoms with Crippen molar-refractivity contribution in [3.05, 3.63) is 41.2 Å². The molecule has 0 bridgehead atoms. The van der Waals surface area contributed by atoms with Gasteiger partial charge in [0.1, 0.15) is 4.88 Å².